The highest BCUT2D eigenvalue weighted by molar-refractivity contribution is 6.12. The first-order chi connectivity index (χ1) is 15.5. The normalized spacial score (nSPS) is 11.4. The molecular weight excluding hydrogens is 410 g/mol. The van der Waals surface area contributed by atoms with Crippen molar-refractivity contribution in [1.29, 1.82) is 0 Å². The van der Waals surface area contributed by atoms with E-state index in [1.807, 2.05) is 18.2 Å². The first kappa shape index (κ1) is 20.7. The number of nitrogens with zero attached hydrogens (tertiary/aromatic N) is 4. The molecule has 0 saturated heterocycles. The number of hydrogen-bond donors (Lipinski definition) is 3. The predicted octanol–water partition coefficient (Wildman–Crippen LogP) is 2.74. The van der Waals surface area contributed by atoms with Gasteiger partial charge in [-0.2, -0.15) is 0 Å². The van der Waals surface area contributed by atoms with Gasteiger partial charge < -0.3 is 20.2 Å². The largest absolute Gasteiger partial charge is 0.493 e. The molecule has 0 aliphatic heterocycles. The fraction of sp³-hybridized carbons (Fsp3) is 0.0909. The van der Waals surface area contributed by atoms with Crippen LogP contribution >= 0.6 is 0 Å². The number of anilines is 1. The maximum Gasteiger partial charge on any atom is 0.257 e. The van der Waals surface area contributed by atoms with Gasteiger partial charge in [0, 0.05) is 23.2 Å². The number of rotatable bonds is 6. The maximum atomic E-state index is 12.4. The summed E-state index contributed by atoms with van der Waals surface area (Å²) in [5, 5.41) is 9.65. The topological polar surface area (TPSA) is 131 Å². The number of carbonyl (C=O) groups excluding carboxylic acids is 1. The van der Waals surface area contributed by atoms with E-state index in [2.05, 4.69) is 31.9 Å². The lowest BCUT2D eigenvalue weighted by atomic mass is 10.2. The van der Waals surface area contributed by atoms with Crippen molar-refractivity contribution in [2.24, 2.45) is 10.8 Å². The highest BCUT2D eigenvalue weighted by Gasteiger charge is 2.18. The van der Waals surface area contributed by atoms with Crippen molar-refractivity contribution in [3.63, 3.8) is 0 Å². The molecule has 4 rings (SSSR count). The summed E-state index contributed by atoms with van der Waals surface area (Å²) in [6.07, 6.45) is 2.83. The number of hydrogen-bond acceptors (Lipinski definition) is 7. The van der Waals surface area contributed by atoms with Gasteiger partial charge in [-0.15, -0.1) is 5.10 Å². The van der Waals surface area contributed by atoms with Gasteiger partial charge in [-0.05, 0) is 18.2 Å². The van der Waals surface area contributed by atoms with E-state index >= 15 is 0 Å². The second-order valence-electron chi connectivity index (χ2n) is 6.63. The third-order valence-electron chi connectivity index (χ3n) is 4.76. The number of methoxy groups -OCH3 is 2. The molecule has 0 fully saturated rings. The van der Waals surface area contributed by atoms with E-state index in [0.29, 0.717) is 33.9 Å². The summed E-state index contributed by atoms with van der Waals surface area (Å²) in [6, 6.07) is 12.3. The SMILES string of the molecule is C=CN(/N=C(\N)NC(=O)c1ccccc1)c1ncnc2[nH]c3cc(OC)c(OC)cc3c12. The first-order valence-electron chi connectivity index (χ1n) is 9.56. The summed E-state index contributed by atoms with van der Waals surface area (Å²) < 4.78 is 10.8. The molecule has 2 aromatic carbocycles. The molecule has 10 heteroatoms. The summed E-state index contributed by atoms with van der Waals surface area (Å²) in [7, 11) is 3.13. The molecule has 0 atom stereocenters. The van der Waals surface area contributed by atoms with Gasteiger partial charge in [0.1, 0.15) is 12.0 Å². The Bertz CT molecular complexity index is 1330. The van der Waals surface area contributed by atoms with Crippen molar-refractivity contribution in [3.8, 4) is 11.5 Å². The zero-order valence-electron chi connectivity index (χ0n) is 17.5. The van der Waals surface area contributed by atoms with Gasteiger partial charge in [0.25, 0.3) is 5.91 Å². The van der Waals surface area contributed by atoms with Crippen LogP contribution in [0.2, 0.25) is 0 Å². The van der Waals surface area contributed by atoms with E-state index in [9.17, 15) is 4.79 Å². The van der Waals surface area contributed by atoms with Gasteiger partial charge in [-0.25, -0.2) is 15.0 Å². The zero-order chi connectivity index (χ0) is 22.7. The van der Waals surface area contributed by atoms with Gasteiger partial charge in [-0.1, -0.05) is 24.8 Å². The highest BCUT2D eigenvalue weighted by Crippen LogP contribution is 2.38. The Labute approximate surface area is 183 Å². The molecule has 32 heavy (non-hydrogen) atoms. The van der Waals surface area contributed by atoms with Crippen LogP contribution in [0, 0.1) is 0 Å². The average Bonchev–Trinajstić information content (AvgIpc) is 3.19. The standard InChI is InChI=1S/C22H21N7O3/c1-4-29(28-22(23)27-21(30)13-8-6-5-7-9-13)20-18-14-10-16(31-2)17(32-3)11-15(14)26-19(18)24-12-25-20/h4-12H,1H2,2-3H3,(H,24,25,26)(H3,23,27,28,30). The van der Waals surface area contributed by atoms with Crippen LogP contribution in [0.1, 0.15) is 10.4 Å². The van der Waals surface area contributed by atoms with E-state index in [4.69, 9.17) is 15.2 Å². The number of guanidine groups is 1. The lowest BCUT2D eigenvalue weighted by Crippen LogP contribution is -2.38. The molecule has 0 bridgehead atoms. The van der Waals surface area contributed by atoms with Crippen molar-refractivity contribution >= 4 is 39.6 Å². The maximum absolute atomic E-state index is 12.4. The second kappa shape index (κ2) is 8.64. The molecule has 0 unspecified atom stereocenters. The molecule has 4 aromatic rings. The molecule has 0 spiro atoms. The minimum atomic E-state index is -0.382. The molecule has 10 nitrogen and oxygen atoms in total. The van der Waals surface area contributed by atoms with Crippen LogP contribution in [0.3, 0.4) is 0 Å². The molecule has 4 N–H and O–H groups in total. The average molecular weight is 431 g/mol. The van der Waals surface area contributed by atoms with Gasteiger partial charge >= 0.3 is 0 Å². The fourth-order valence-corrected chi connectivity index (χ4v) is 3.30. The van der Waals surface area contributed by atoms with Gasteiger partial charge in [0.2, 0.25) is 5.96 Å². The monoisotopic (exact) mass is 431 g/mol. The number of aromatic nitrogens is 3. The molecule has 0 aliphatic carbocycles. The number of H-pyrrole nitrogens is 1. The highest BCUT2D eigenvalue weighted by atomic mass is 16.5. The summed E-state index contributed by atoms with van der Waals surface area (Å²) in [6.45, 7) is 3.80. The Hall–Kier alpha value is -4.60. The summed E-state index contributed by atoms with van der Waals surface area (Å²) in [4.78, 5) is 24.3. The molecule has 2 heterocycles. The number of amides is 1. The lowest BCUT2D eigenvalue weighted by molar-refractivity contribution is 0.0976. The van der Waals surface area contributed by atoms with Crippen LogP contribution in [-0.2, 0) is 0 Å². The van der Waals surface area contributed by atoms with Crippen LogP contribution in [-0.4, -0.2) is 41.0 Å². The van der Waals surface area contributed by atoms with Crippen molar-refractivity contribution in [1.82, 2.24) is 20.3 Å². The number of benzene rings is 2. The Morgan fingerprint density at radius 2 is 1.91 bits per heavy atom. The molecule has 0 aliphatic rings. The van der Waals surface area contributed by atoms with Gasteiger partial charge in [-0.3, -0.25) is 10.1 Å². The number of nitrogens with one attached hydrogen (secondary N) is 2. The number of aromatic amines is 1. The van der Waals surface area contributed by atoms with E-state index in [0.717, 1.165) is 10.9 Å². The Morgan fingerprint density at radius 1 is 1.19 bits per heavy atom. The van der Waals surface area contributed by atoms with Crippen LogP contribution in [0.25, 0.3) is 21.9 Å². The molecule has 162 valence electrons. The quantitative estimate of drug-likeness (QED) is 0.243. The number of hydrazone groups is 1. The molecule has 2 aromatic heterocycles. The van der Waals surface area contributed by atoms with E-state index in [1.54, 1.807) is 38.5 Å². The fourth-order valence-electron chi connectivity index (χ4n) is 3.30. The van der Waals surface area contributed by atoms with Gasteiger partial charge in [0.05, 0.1) is 25.1 Å². The Kier molecular flexibility index (Phi) is 5.58. The van der Waals surface area contributed by atoms with E-state index in [1.165, 1.54) is 17.5 Å². The summed E-state index contributed by atoms with van der Waals surface area (Å²) >= 11 is 0. The van der Waals surface area contributed by atoms with Crippen LogP contribution in [0.4, 0.5) is 5.82 Å². The lowest BCUT2D eigenvalue weighted by Gasteiger charge is -2.15. The van der Waals surface area contributed by atoms with E-state index < -0.39 is 0 Å². The molecule has 0 saturated carbocycles. The third kappa shape index (κ3) is 3.76. The Balaban J connectivity index is 1.76. The van der Waals surface area contributed by atoms with Crippen molar-refractivity contribution in [2.75, 3.05) is 19.2 Å². The van der Waals surface area contributed by atoms with Crippen molar-refractivity contribution in [3.05, 3.63) is 67.1 Å². The number of carbonyl (C=O) groups is 1. The smallest absolute Gasteiger partial charge is 0.257 e. The Morgan fingerprint density at radius 3 is 2.59 bits per heavy atom. The number of nitrogens with two attached hydrogens (primary N) is 1. The molecule has 1 amide bonds. The molecule has 0 radical (unpaired) electrons. The number of fused-ring (bicyclic) bond motifs is 3. The minimum Gasteiger partial charge on any atom is -0.493 e. The van der Waals surface area contributed by atoms with Crippen LogP contribution in [0.15, 0.2) is 66.7 Å². The van der Waals surface area contributed by atoms with Crippen molar-refractivity contribution in [2.45, 2.75) is 0 Å². The molecular formula is C22H21N7O3. The summed E-state index contributed by atoms with van der Waals surface area (Å²) in [5.41, 5.74) is 7.79. The van der Waals surface area contributed by atoms with Crippen molar-refractivity contribution < 1.29 is 14.3 Å². The predicted molar refractivity (Wildman–Crippen MR) is 123 cm³/mol. The first-order valence-corrected chi connectivity index (χ1v) is 9.56. The second-order valence-corrected chi connectivity index (χ2v) is 6.63. The summed E-state index contributed by atoms with van der Waals surface area (Å²) in [5.74, 6) is 1.05. The van der Waals surface area contributed by atoms with Gasteiger partial charge in [0.15, 0.2) is 17.3 Å². The van der Waals surface area contributed by atoms with Crippen LogP contribution in [0.5, 0.6) is 11.5 Å². The third-order valence-corrected chi connectivity index (χ3v) is 4.76. The van der Waals surface area contributed by atoms with E-state index in [-0.39, 0.29) is 11.9 Å². The van der Waals surface area contributed by atoms with Crippen LogP contribution < -0.4 is 25.5 Å². The minimum absolute atomic E-state index is 0.121. The number of ether oxygens (including phenoxy) is 2. The zero-order valence-corrected chi connectivity index (χ0v) is 17.5.